The van der Waals surface area contributed by atoms with E-state index in [0.29, 0.717) is 22.9 Å². The maximum absolute atomic E-state index is 12.3. The Morgan fingerprint density at radius 3 is 2.75 bits per heavy atom. The molecule has 1 unspecified atom stereocenters. The number of carboxylic acids is 1. The SMILES string of the molecule is O=C(NCC(=O)N1CCC(C(=O)O)C1)c1sc2ccccc2c1Cl. The molecule has 1 aliphatic rings. The third kappa shape index (κ3) is 3.22. The molecule has 8 heteroatoms. The molecule has 0 bridgehead atoms. The van der Waals surface area contributed by atoms with Crippen LogP contribution in [0, 0.1) is 5.92 Å². The summed E-state index contributed by atoms with van der Waals surface area (Å²) in [5.41, 5.74) is 0. The number of rotatable bonds is 4. The Morgan fingerprint density at radius 1 is 1.33 bits per heavy atom. The molecule has 1 aliphatic heterocycles. The minimum Gasteiger partial charge on any atom is -0.481 e. The van der Waals surface area contributed by atoms with Crippen molar-refractivity contribution in [3.05, 3.63) is 34.2 Å². The molecule has 1 atom stereocenters. The van der Waals surface area contributed by atoms with Crippen LogP contribution in [0.15, 0.2) is 24.3 Å². The number of hydrogen-bond donors (Lipinski definition) is 2. The second kappa shape index (κ2) is 6.78. The highest BCUT2D eigenvalue weighted by molar-refractivity contribution is 7.21. The third-order valence-corrected chi connectivity index (χ3v) is 5.71. The summed E-state index contributed by atoms with van der Waals surface area (Å²) in [5, 5.41) is 12.7. The van der Waals surface area contributed by atoms with Crippen LogP contribution in [-0.2, 0) is 9.59 Å². The van der Waals surface area contributed by atoms with Gasteiger partial charge in [0.05, 0.1) is 17.5 Å². The van der Waals surface area contributed by atoms with Gasteiger partial charge in [0.1, 0.15) is 4.88 Å². The Hall–Kier alpha value is -2.12. The zero-order valence-corrected chi connectivity index (χ0v) is 14.2. The van der Waals surface area contributed by atoms with E-state index in [1.165, 1.54) is 16.2 Å². The van der Waals surface area contributed by atoms with E-state index in [0.717, 1.165) is 10.1 Å². The van der Waals surface area contributed by atoms with Crippen LogP contribution in [0.1, 0.15) is 16.1 Å². The van der Waals surface area contributed by atoms with Gasteiger partial charge in [-0.1, -0.05) is 29.8 Å². The van der Waals surface area contributed by atoms with Crippen LogP contribution in [0.4, 0.5) is 0 Å². The van der Waals surface area contributed by atoms with Crippen molar-refractivity contribution in [1.29, 1.82) is 0 Å². The van der Waals surface area contributed by atoms with E-state index in [2.05, 4.69) is 5.32 Å². The fourth-order valence-corrected chi connectivity index (χ4v) is 4.13. The van der Waals surface area contributed by atoms with Crippen molar-refractivity contribution in [2.45, 2.75) is 6.42 Å². The summed E-state index contributed by atoms with van der Waals surface area (Å²) in [5.74, 6) is -2.11. The first-order chi connectivity index (χ1) is 11.5. The Labute approximate surface area is 147 Å². The van der Waals surface area contributed by atoms with E-state index in [-0.39, 0.29) is 19.0 Å². The molecule has 1 aromatic heterocycles. The van der Waals surface area contributed by atoms with Gasteiger partial charge < -0.3 is 15.3 Å². The van der Waals surface area contributed by atoms with E-state index in [1.807, 2.05) is 24.3 Å². The molecule has 0 spiro atoms. The molecule has 2 heterocycles. The normalized spacial score (nSPS) is 17.2. The quantitative estimate of drug-likeness (QED) is 0.868. The standard InChI is InChI=1S/C16H15ClN2O4S/c17-13-10-3-1-2-4-11(10)24-14(13)15(21)18-7-12(20)19-6-5-9(8-19)16(22)23/h1-4,9H,5-8H2,(H,18,21)(H,22,23). The molecule has 3 rings (SSSR count). The van der Waals surface area contributed by atoms with Gasteiger partial charge in [0, 0.05) is 23.2 Å². The number of likely N-dealkylation sites (tertiary alicyclic amines) is 1. The Kier molecular flexibility index (Phi) is 4.73. The molecule has 0 radical (unpaired) electrons. The minimum absolute atomic E-state index is 0.171. The second-order valence-electron chi connectivity index (χ2n) is 5.59. The summed E-state index contributed by atoms with van der Waals surface area (Å²) in [6.07, 6.45) is 0.442. The van der Waals surface area contributed by atoms with Crippen LogP contribution in [0.25, 0.3) is 10.1 Å². The summed E-state index contributed by atoms with van der Waals surface area (Å²) in [6.45, 7) is 0.415. The number of hydrogen-bond acceptors (Lipinski definition) is 4. The smallest absolute Gasteiger partial charge is 0.308 e. The van der Waals surface area contributed by atoms with Crippen molar-refractivity contribution in [3.63, 3.8) is 0 Å². The highest BCUT2D eigenvalue weighted by atomic mass is 35.5. The number of fused-ring (bicyclic) bond motifs is 1. The number of halogens is 1. The number of nitrogens with one attached hydrogen (secondary N) is 1. The number of aliphatic carboxylic acids is 1. The molecule has 1 fully saturated rings. The summed E-state index contributed by atoms with van der Waals surface area (Å²) < 4.78 is 0.905. The van der Waals surface area contributed by atoms with Crippen LogP contribution >= 0.6 is 22.9 Å². The summed E-state index contributed by atoms with van der Waals surface area (Å²) in [4.78, 5) is 37.1. The van der Waals surface area contributed by atoms with Gasteiger partial charge in [0.25, 0.3) is 5.91 Å². The molecule has 24 heavy (non-hydrogen) atoms. The van der Waals surface area contributed by atoms with E-state index >= 15 is 0 Å². The zero-order chi connectivity index (χ0) is 17.3. The molecular formula is C16H15ClN2O4S. The molecule has 2 N–H and O–H groups in total. The van der Waals surface area contributed by atoms with Crippen LogP contribution in [0.5, 0.6) is 0 Å². The lowest BCUT2D eigenvalue weighted by molar-refractivity contribution is -0.141. The molecule has 1 saturated heterocycles. The van der Waals surface area contributed by atoms with Crippen molar-refractivity contribution in [2.75, 3.05) is 19.6 Å². The van der Waals surface area contributed by atoms with Crippen LogP contribution in [0.3, 0.4) is 0 Å². The lowest BCUT2D eigenvalue weighted by Crippen LogP contribution is -2.39. The van der Waals surface area contributed by atoms with Gasteiger partial charge in [0.2, 0.25) is 5.91 Å². The molecule has 2 amide bonds. The van der Waals surface area contributed by atoms with E-state index in [1.54, 1.807) is 0 Å². The lowest BCUT2D eigenvalue weighted by atomic mass is 10.1. The maximum Gasteiger partial charge on any atom is 0.308 e. The molecule has 0 saturated carbocycles. The molecule has 2 aromatic rings. The predicted octanol–water partition coefficient (Wildman–Crippen LogP) is 2.22. The maximum atomic E-state index is 12.3. The third-order valence-electron chi connectivity index (χ3n) is 4.03. The molecule has 6 nitrogen and oxygen atoms in total. The minimum atomic E-state index is -0.897. The largest absolute Gasteiger partial charge is 0.481 e. The lowest BCUT2D eigenvalue weighted by Gasteiger charge is -2.15. The molecule has 1 aromatic carbocycles. The number of thiophene rings is 1. The van der Waals surface area contributed by atoms with Gasteiger partial charge in [-0.2, -0.15) is 0 Å². The number of benzene rings is 1. The van der Waals surface area contributed by atoms with Crippen LogP contribution in [0.2, 0.25) is 5.02 Å². The fourth-order valence-electron chi connectivity index (χ4n) is 2.70. The average molecular weight is 367 g/mol. The number of carboxylic acid groups (broad SMARTS) is 1. The van der Waals surface area contributed by atoms with Crippen LogP contribution in [-0.4, -0.2) is 47.4 Å². The Morgan fingerprint density at radius 2 is 2.08 bits per heavy atom. The first-order valence-corrected chi connectivity index (χ1v) is 8.62. The molecule has 126 valence electrons. The van der Waals surface area contributed by atoms with Gasteiger partial charge in [-0.25, -0.2) is 0 Å². The van der Waals surface area contributed by atoms with Crippen molar-refractivity contribution in [2.24, 2.45) is 5.92 Å². The monoisotopic (exact) mass is 366 g/mol. The zero-order valence-electron chi connectivity index (χ0n) is 12.6. The summed E-state index contributed by atoms with van der Waals surface area (Å²) in [7, 11) is 0. The topological polar surface area (TPSA) is 86.7 Å². The summed E-state index contributed by atoms with van der Waals surface area (Å²) >= 11 is 7.51. The fraction of sp³-hybridized carbons (Fsp3) is 0.312. The molecule has 0 aliphatic carbocycles. The van der Waals surface area contributed by atoms with Crippen molar-refractivity contribution in [3.8, 4) is 0 Å². The van der Waals surface area contributed by atoms with Crippen molar-refractivity contribution in [1.82, 2.24) is 10.2 Å². The molecular weight excluding hydrogens is 352 g/mol. The van der Waals surface area contributed by atoms with E-state index < -0.39 is 17.8 Å². The number of carbonyl (C=O) groups excluding carboxylic acids is 2. The Bertz CT molecular complexity index is 820. The van der Waals surface area contributed by atoms with Gasteiger partial charge in [-0.05, 0) is 12.5 Å². The van der Waals surface area contributed by atoms with Gasteiger partial charge in [-0.15, -0.1) is 11.3 Å². The number of nitrogens with zero attached hydrogens (tertiary/aromatic N) is 1. The van der Waals surface area contributed by atoms with Crippen LogP contribution < -0.4 is 5.32 Å². The second-order valence-corrected chi connectivity index (χ2v) is 7.02. The highest BCUT2D eigenvalue weighted by Crippen LogP contribution is 2.34. The predicted molar refractivity (Wildman–Crippen MR) is 91.5 cm³/mol. The first-order valence-electron chi connectivity index (χ1n) is 7.43. The van der Waals surface area contributed by atoms with E-state index in [4.69, 9.17) is 16.7 Å². The highest BCUT2D eigenvalue weighted by Gasteiger charge is 2.30. The number of amides is 2. The van der Waals surface area contributed by atoms with Crippen molar-refractivity contribution < 1.29 is 19.5 Å². The van der Waals surface area contributed by atoms with Crippen molar-refractivity contribution >= 4 is 50.8 Å². The Balaban J connectivity index is 1.62. The average Bonchev–Trinajstić information content (AvgIpc) is 3.18. The van der Waals surface area contributed by atoms with Gasteiger partial charge >= 0.3 is 5.97 Å². The van der Waals surface area contributed by atoms with E-state index in [9.17, 15) is 14.4 Å². The summed E-state index contributed by atoms with van der Waals surface area (Å²) in [6, 6.07) is 7.43. The van der Waals surface area contributed by atoms with Gasteiger partial charge in [-0.3, -0.25) is 14.4 Å². The first kappa shape index (κ1) is 16.7. The number of carbonyl (C=O) groups is 3. The van der Waals surface area contributed by atoms with Gasteiger partial charge in [0.15, 0.2) is 0 Å².